The van der Waals surface area contributed by atoms with Gasteiger partial charge in [-0.05, 0) is 41.8 Å². The Morgan fingerprint density at radius 1 is 1.17 bits per heavy atom. The van der Waals surface area contributed by atoms with E-state index in [-0.39, 0.29) is 5.56 Å². The number of fused-ring (bicyclic) bond motifs is 1. The topological polar surface area (TPSA) is 83.6 Å². The molecule has 9 heteroatoms. The Bertz CT molecular complexity index is 1200. The molecule has 0 aliphatic heterocycles. The lowest BCUT2D eigenvalue weighted by Gasteiger charge is -2.06. The number of benzene rings is 2. The molecule has 0 spiro atoms. The molecule has 4 aromatic rings. The molecule has 0 amide bonds. The molecule has 2 aromatic carbocycles. The van der Waals surface area contributed by atoms with E-state index in [1.807, 2.05) is 12.1 Å². The Hall–Kier alpha value is -2.42. The smallest absolute Gasteiger partial charge is 0.258 e. The third kappa shape index (κ3) is 4.77. The van der Waals surface area contributed by atoms with E-state index >= 15 is 0 Å². The fourth-order valence-electron chi connectivity index (χ4n) is 2.75. The van der Waals surface area contributed by atoms with Gasteiger partial charge in [-0.25, -0.2) is 4.98 Å². The molecule has 0 unspecified atom stereocenters. The summed E-state index contributed by atoms with van der Waals surface area (Å²) in [4.78, 5) is 19.5. The third-order valence-corrected chi connectivity index (χ3v) is 6.50. The van der Waals surface area contributed by atoms with Crippen LogP contribution < -0.4 is 10.9 Å². The van der Waals surface area contributed by atoms with Gasteiger partial charge in [-0.3, -0.25) is 4.79 Å². The second-order valence-electron chi connectivity index (χ2n) is 6.74. The van der Waals surface area contributed by atoms with Crippen LogP contribution in [0, 0.1) is 0 Å². The monoisotopic (exact) mass is 443 g/mol. The number of halogens is 1. The molecule has 0 fully saturated rings. The number of hydrogen-bond acceptors (Lipinski definition) is 7. The minimum atomic E-state index is -0.174. The van der Waals surface area contributed by atoms with Crippen LogP contribution in [0.1, 0.15) is 31.2 Å². The van der Waals surface area contributed by atoms with Crippen molar-refractivity contribution in [2.24, 2.45) is 0 Å². The Kier molecular flexibility index (Phi) is 5.84. The number of rotatable bonds is 6. The van der Waals surface area contributed by atoms with Crippen LogP contribution in [0.4, 0.5) is 10.8 Å². The van der Waals surface area contributed by atoms with Gasteiger partial charge in [0, 0.05) is 10.7 Å². The van der Waals surface area contributed by atoms with Crippen molar-refractivity contribution in [3.8, 4) is 0 Å². The minimum Gasteiger partial charge on any atom is -0.330 e. The van der Waals surface area contributed by atoms with E-state index in [4.69, 9.17) is 11.6 Å². The van der Waals surface area contributed by atoms with Crippen molar-refractivity contribution < 1.29 is 0 Å². The second-order valence-corrected chi connectivity index (χ2v) is 9.37. The van der Waals surface area contributed by atoms with Gasteiger partial charge in [0.15, 0.2) is 4.34 Å². The molecule has 0 bridgehead atoms. The normalized spacial score (nSPS) is 11.3. The molecule has 2 N–H and O–H groups in total. The lowest BCUT2D eigenvalue weighted by Crippen LogP contribution is -2.11. The standard InChI is InChI=1S/C20H18ClN5OS2/c1-11(2)12-3-6-14(7-4-12)22-19-25-26-20(29-19)28-10-17-23-16-9-13(21)5-8-15(16)18(27)24-17/h3-9,11H,10H2,1-2H3,(H,22,25)(H,23,24,27). The van der Waals surface area contributed by atoms with Crippen molar-refractivity contribution in [3.05, 3.63) is 69.2 Å². The maximum atomic E-state index is 12.2. The van der Waals surface area contributed by atoms with E-state index < -0.39 is 0 Å². The zero-order chi connectivity index (χ0) is 20.4. The van der Waals surface area contributed by atoms with Crippen molar-refractivity contribution in [2.45, 2.75) is 29.9 Å². The SMILES string of the molecule is CC(C)c1ccc(Nc2nnc(SCc3nc4cc(Cl)ccc4c(=O)[nH]3)s2)cc1. The van der Waals surface area contributed by atoms with E-state index in [9.17, 15) is 4.79 Å². The first-order valence-electron chi connectivity index (χ1n) is 8.99. The number of thioether (sulfide) groups is 1. The maximum absolute atomic E-state index is 12.2. The van der Waals surface area contributed by atoms with Gasteiger partial charge in [0.2, 0.25) is 5.13 Å². The first-order chi connectivity index (χ1) is 14.0. The van der Waals surface area contributed by atoms with Crippen molar-refractivity contribution in [1.82, 2.24) is 20.2 Å². The summed E-state index contributed by atoms with van der Waals surface area (Å²) in [5, 5.41) is 13.5. The predicted octanol–water partition coefficient (Wildman–Crippen LogP) is 5.59. The largest absolute Gasteiger partial charge is 0.330 e. The van der Waals surface area contributed by atoms with Crippen LogP contribution >= 0.6 is 34.7 Å². The fourth-order valence-corrected chi connectivity index (χ4v) is 4.56. The van der Waals surface area contributed by atoms with E-state index in [1.165, 1.54) is 28.7 Å². The average Bonchev–Trinajstić information content (AvgIpc) is 3.14. The van der Waals surface area contributed by atoms with Crippen LogP contribution in [0.5, 0.6) is 0 Å². The van der Waals surface area contributed by atoms with Gasteiger partial charge in [-0.2, -0.15) is 0 Å². The number of H-pyrrole nitrogens is 1. The van der Waals surface area contributed by atoms with Gasteiger partial charge in [0.1, 0.15) is 5.82 Å². The number of aromatic amines is 1. The van der Waals surface area contributed by atoms with E-state index in [0.29, 0.717) is 33.4 Å². The molecular weight excluding hydrogens is 426 g/mol. The summed E-state index contributed by atoms with van der Waals surface area (Å²) in [6, 6.07) is 13.3. The van der Waals surface area contributed by atoms with Crippen molar-refractivity contribution in [2.75, 3.05) is 5.32 Å². The summed E-state index contributed by atoms with van der Waals surface area (Å²) < 4.78 is 0.792. The zero-order valence-corrected chi connectivity index (χ0v) is 18.2. The summed E-state index contributed by atoms with van der Waals surface area (Å²) in [5.74, 6) is 1.55. The quantitative estimate of drug-likeness (QED) is 0.378. The highest BCUT2D eigenvalue weighted by molar-refractivity contribution is 8.00. The van der Waals surface area contributed by atoms with Gasteiger partial charge >= 0.3 is 0 Å². The van der Waals surface area contributed by atoms with E-state index in [0.717, 1.165) is 15.2 Å². The van der Waals surface area contributed by atoms with Crippen LogP contribution in [0.2, 0.25) is 5.02 Å². The van der Waals surface area contributed by atoms with Crippen LogP contribution in [0.15, 0.2) is 51.6 Å². The lowest BCUT2D eigenvalue weighted by atomic mass is 10.0. The first kappa shape index (κ1) is 19.9. The Morgan fingerprint density at radius 2 is 1.97 bits per heavy atom. The molecule has 0 aliphatic rings. The molecule has 0 radical (unpaired) electrons. The van der Waals surface area contributed by atoms with Gasteiger partial charge in [-0.15, -0.1) is 10.2 Å². The highest BCUT2D eigenvalue weighted by atomic mass is 35.5. The van der Waals surface area contributed by atoms with Crippen LogP contribution in [-0.4, -0.2) is 20.2 Å². The van der Waals surface area contributed by atoms with E-state index in [2.05, 4.69) is 51.5 Å². The summed E-state index contributed by atoms with van der Waals surface area (Å²) in [6.45, 7) is 4.34. The molecule has 0 atom stereocenters. The molecule has 2 heterocycles. The third-order valence-electron chi connectivity index (χ3n) is 4.29. The molecule has 0 saturated heterocycles. The van der Waals surface area contributed by atoms with Crippen molar-refractivity contribution in [1.29, 1.82) is 0 Å². The fraction of sp³-hybridized carbons (Fsp3) is 0.200. The summed E-state index contributed by atoms with van der Waals surface area (Å²) in [7, 11) is 0. The van der Waals surface area contributed by atoms with Gasteiger partial charge < -0.3 is 10.3 Å². The number of hydrogen-bond donors (Lipinski definition) is 2. The minimum absolute atomic E-state index is 0.174. The number of nitrogens with one attached hydrogen (secondary N) is 2. The number of aromatic nitrogens is 4. The molecule has 148 valence electrons. The lowest BCUT2D eigenvalue weighted by molar-refractivity contribution is 0.867. The highest BCUT2D eigenvalue weighted by Crippen LogP contribution is 2.29. The molecular formula is C20H18ClN5OS2. The van der Waals surface area contributed by atoms with Crippen molar-refractivity contribution >= 4 is 56.4 Å². The molecule has 29 heavy (non-hydrogen) atoms. The first-order valence-corrected chi connectivity index (χ1v) is 11.2. The van der Waals surface area contributed by atoms with E-state index in [1.54, 1.807) is 18.2 Å². The summed E-state index contributed by atoms with van der Waals surface area (Å²) in [6.07, 6.45) is 0. The zero-order valence-electron chi connectivity index (χ0n) is 15.8. The second kappa shape index (κ2) is 8.52. The van der Waals surface area contributed by atoms with Crippen LogP contribution in [-0.2, 0) is 5.75 Å². The summed E-state index contributed by atoms with van der Waals surface area (Å²) in [5.41, 5.74) is 2.68. The number of anilines is 2. The molecule has 6 nitrogen and oxygen atoms in total. The Morgan fingerprint density at radius 3 is 2.72 bits per heavy atom. The van der Waals surface area contributed by atoms with Gasteiger partial charge in [-0.1, -0.05) is 60.7 Å². The highest BCUT2D eigenvalue weighted by Gasteiger charge is 2.09. The Balaban J connectivity index is 1.43. The molecule has 2 aromatic heterocycles. The molecule has 0 aliphatic carbocycles. The van der Waals surface area contributed by atoms with Crippen LogP contribution in [0.25, 0.3) is 10.9 Å². The maximum Gasteiger partial charge on any atom is 0.258 e. The van der Waals surface area contributed by atoms with Gasteiger partial charge in [0.25, 0.3) is 5.56 Å². The Labute approximate surface area is 180 Å². The summed E-state index contributed by atoms with van der Waals surface area (Å²) >= 11 is 8.94. The van der Waals surface area contributed by atoms with Crippen molar-refractivity contribution in [3.63, 3.8) is 0 Å². The number of nitrogens with zero attached hydrogens (tertiary/aromatic N) is 3. The predicted molar refractivity (Wildman–Crippen MR) is 121 cm³/mol. The average molecular weight is 444 g/mol. The van der Waals surface area contributed by atoms with Crippen LogP contribution in [0.3, 0.4) is 0 Å². The molecule has 0 saturated carbocycles. The molecule has 4 rings (SSSR count). The van der Waals surface area contributed by atoms with Gasteiger partial charge in [0.05, 0.1) is 16.7 Å².